The van der Waals surface area contributed by atoms with Crippen LogP contribution in [0.5, 0.6) is 11.5 Å². The van der Waals surface area contributed by atoms with E-state index in [9.17, 15) is 0 Å². The molecular formula is C15H16ClNO2S. The smallest absolute Gasteiger partial charge is 0.161 e. The van der Waals surface area contributed by atoms with Crippen molar-refractivity contribution in [2.45, 2.75) is 10.6 Å². The molecule has 0 atom stereocenters. The number of benzene rings is 2. The van der Waals surface area contributed by atoms with Crippen LogP contribution in [-0.2, 0) is 5.75 Å². The molecular weight excluding hydrogens is 294 g/mol. The van der Waals surface area contributed by atoms with Crippen molar-refractivity contribution in [1.29, 1.82) is 0 Å². The first kappa shape index (κ1) is 14.9. The van der Waals surface area contributed by atoms with E-state index in [0.29, 0.717) is 10.7 Å². The number of hydrogen-bond donors (Lipinski definition) is 1. The first-order valence-corrected chi connectivity index (χ1v) is 7.39. The lowest BCUT2D eigenvalue weighted by atomic mass is 10.2. The second-order valence-electron chi connectivity index (χ2n) is 4.14. The molecule has 0 radical (unpaired) electrons. The van der Waals surface area contributed by atoms with Crippen molar-refractivity contribution in [2.24, 2.45) is 0 Å². The third-order valence-corrected chi connectivity index (χ3v) is 4.48. The molecule has 0 heterocycles. The lowest BCUT2D eigenvalue weighted by Gasteiger charge is -2.10. The summed E-state index contributed by atoms with van der Waals surface area (Å²) in [6.07, 6.45) is 0. The molecule has 0 saturated heterocycles. The maximum atomic E-state index is 6.16. The van der Waals surface area contributed by atoms with Gasteiger partial charge in [-0.1, -0.05) is 23.7 Å². The normalized spacial score (nSPS) is 10.3. The molecule has 0 fully saturated rings. The monoisotopic (exact) mass is 309 g/mol. The van der Waals surface area contributed by atoms with E-state index in [4.69, 9.17) is 26.8 Å². The minimum atomic E-state index is 0.676. The van der Waals surface area contributed by atoms with Gasteiger partial charge < -0.3 is 15.2 Å². The highest BCUT2D eigenvalue weighted by atomic mass is 35.5. The van der Waals surface area contributed by atoms with Crippen LogP contribution in [0.4, 0.5) is 5.69 Å². The molecule has 2 aromatic rings. The molecule has 0 aliphatic rings. The van der Waals surface area contributed by atoms with E-state index in [1.165, 1.54) is 0 Å². The molecule has 0 bridgehead atoms. The Morgan fingerprint density at radius 3 is 2.50 bits per heavy atom. The van der Waals surface area contributed by atoms with Gasteiger partial charge in [-0.25, -0.2) is 0 Å². The highest BCUT2D eigenvalue weighted by molar-refractivity contribution is 7.98. The number of nitrogens with two attached hydrogens (primary N) is 1. The molecule has 3 nitrogen and oxygen atoms in total. The third kappa shape index (κ3) is 3.32. The summed E-state index contributed by atoms with van der Waals surface area (Å²) in [6, 6.07) is 11.4. The number of thioether (sulfide) groups is 1. The molecule has 0 aromatic heterocycles. The van der Waals surface area contributed by atoms with Crippen molar-refractivity contribution >= 4 is 29.1 Å². The second kappa shape index (κ2) is 6.77. The molecule has 20 heavy (non-hydrogen) atoms. The van der Waals surface area contributed by atoms with Gasteiger partial charge in [0.15, 0.2) is 11.5 Å². The lowest BCUT2D eigenvalue weighted by Crippen LogP contribution is -1.93. The van der Waals surface area contributed by atoms with Crippen LogP contribution in [0.2, 0.25) is 5.02 Å². The fraction of sp³-hybridized carbons (Fsp3) is 0.200. The van der Waals surface area contributed by atoms with E-state index in [-0.39, 0.29) is 0 Å². The number of ether oxygens (including phenoxy) is 2. The number of halogens is 1. The molecule has 0 unspecified atom stereocenters. The van der Waals surface area contributed by atoms with Crippen LogP contribution in [-0.4, -0.2) is 14.2 Å². The average molecular weight is 310 g/mol. The molecule has 2 rings (SSSR count). The van der Waals surface area contributed by atoms with Gasteiger partial charge in [-0.3, -0.25) is 0 Å². The van der Waals surface area contributed by atoms with Gasteiger partial charge in [-0.05, 0) is 29.8 Å². The molecule has 5 heteroatoms. The molecule has 0 saturated carbocycles. The zero-order chi connectivity index (χ0) is 14.5. The van der Waals surface area contributed by atoms with E-state index < -0.39 is 0 Å². The Morgan fingerprint density at radius 1 is 1.10 bits per heavy atom. The van der Waals surface area contributed by atoms with Gasteiger partial charge >= 0.3 is 0 Å². The Labute approximate surface area is 128 Å². The van der Waals surface area contributed by atoms with Gasteiger partial charge in [0.25, 0.3) is 0 Å². The van der Waals surface area contributed by atoms with Crippen molar-refractivity contribution in [3.8, 4) is 11.5 Å². The fourth-order valence-corrected chi connectivity index (χ4v) is 3.08. The van der Waals surface area contributed by atoms with E-state index in [0.717, 1.165) is 27.7 Å². The second-order valence-corrected chi connectivity index (χ2v) is 5.53. The summed E-state index contributed by atoms with van der Waals surface area (Å²) in [5.41, 5.74) is 7.75. The molecule has 106 valence electrons. The van der Waals surface area contributed by atoms with Gasteiger partial charge in [-0.15, -0.1) is 11.8 Å². The first-order valence-electron chi connectivity index (χ1n) is 6.03. The minimum Gasteiger partial charge on any atom is -0.493 e. The summed E-state index contributed by atoms with van der Waals surface area (Å²) in [6.45, 7) is 0. The van der Waals surface area contributed by atoms with Gasteiger partial charge in [-0.2, -0.15) is 0 Å². The SMILES string of the molecule is COc1ccc(CSc2c(N)cccc2Cl)cc1OC. The van der Waals surface area contributed by atoms with Crippen LogP contribution in [0, 0.1) is 0 Å². The van der Waals surface area contributed by atoms with Gasteiger partial charge in [0.2, 0.25) is 0 Å². The molecule has 2 aromatic carbocycles. The molecule has 2 N–H and O–H groups in total. The first-order chi connectivity index (χ1) is 9.65. The summed E-state index contributed by atoms with van der Waals surface area (Å²) in [5.74, 6) is 2.20. The van der Waals surface area contributed by atoms with Crippen LogP contribution < -0.4 is 15.2 Å². The number of methoxy groups -OCH3 is 2. The Balaban J connectivity index is 2.15. The molecule has 0 amide bonds. The van der Waals surface area contributed by atoms with Gasteiger partial charge in [0, 0.05) is 16.3 Å². The van der Waals surface area contributed by atoms with E-state index in [1.807, 2.05) is 36.4 Å². The number of rotatable bonds is 5. The number of anilines is 1. The van der Waals surface area contributed by atoms with Crippen molar-refractivity contribution in [1.82, 2.24) is 0 Å². The summed E-state index contributed by atoms with van der Waals surface area (Å²) < 4.78 is 10.5. The molecule has 0 aliphatic carbocycles. The van der Waals surface area contributed by atoms with Gasteiger partial charge in [0.1, 0.15) is 0 Å². The highest BCUT2D eigenvalue weighted by Gasteiger charge is 2.08. The summed E-state index contributed by atoms with van der Waals surface area (Å²) in [5, 5.41) is 0.676. The summed E-state index contributed by atoms with van der Waals surface area (Å²) in [4.78, 5) is 0.906. The fourth-order valence-electron chi connectivity index (χ4n) is 1.80. The summed E-state index contributed by atoms with van der Waals surface area (Å²) in [7, 11) is 3.25. The van der Waals surface area contributed by atoms with Crippen molar-refractivity contribution in [3.63, 3.8) is 0 Å². The predicted octanol–water partition coefficient (Wildman–Crippen LogP) is 4.23. The Hall–Kier alpha value is -1.52. The quantitative estimate of drug-likeness (QED) is 0.663. The molecule has 0 spiro atoms. The van der Waals surface area contributed by atoms with E-state index >= 15 is 0 Å². The van der Waals surface area contributed by atoms with Crippen LogP contribution >= 0.6 is 23.4 Å². The Morgan fingerprint density at radius 2 is 1.85 bits per heavy atom. The topological polar surface area (TPSA) is 44.5 Å². The van der Waals surface area contributed by atoms with E-state index in [2.05, 4.69) is 0 Å². The van der Waals surface area contributed by atoms with Crippen LogP contribution in [0.15, 0.2) is 41.3 Å². The Kier molecular flexibility index (Phi) is 5.04. The van der Waals surface area contributed by atoms with Crippen LogP contribution in [0.25, 0.3) is 0 Å². The third-order valence-electron chi connectivity index (χ3n) is 2.83. The number of nitrogen functional groups attached to an aromatic ring is 1. The maximum Gasteiger partial charge on any atom is 0.161 e. The Bertz CT molecular complexity index is 584. The highest BCUT2D eigenvalue weighted by Crippen LogP contribution is 2.36. The van der Waals surface area contributed by atoms with Crippen LogP contribution in [0.3, 0.4) is 0 Å². The lowest BCUT2D eigenvalue weighted by molar-refractivity contribution is 0.354. The zero-order valence-electron chi connectivity index (χ0n) is 11.4. The average Bonchev–Trinajstić information content (AvgIpc) is 2.46. The van der Waals surface area contributed by atoms with Crippen LogP contribution in [0.1, 0.15) is 5.56 Å². The zero-order valence-corrected chi connectivity index (χ0v) is 12.9. The maximum absolute atomic E-state index is 6.16. The minimum absolute atomic E-state index is 0.676. The van der Waals surface area contributed by atoms with Crippen molar-refractivity contribution in [2.75, 3.05) is 20.0 Å². The number of hydrogen-bond acceptors (Lipinski definition) is 4. The van der Waals surface area contributed by atoms with Crippen molar-refractivity contribution in [3.05, 3.63) is 47.0 Å². The largest absolute Gasteiger partial charge is 0.493 e. The predicted molar refractivity (Wildman–Crippen MR) is 85.0 cm³/mol. The van der Waals surface area contributed by atoms with Crippen molar-refractivity contribution < 1.29 is 9.47 Å². The standard InChI is InChI=1S/C15H16ClNO2S/c1-18-13-7-6-10(8-14(13)19-2)9-20-15-11(16)4-3-5-12(15)17/h3-8H,9,17H2,1-2H3. The van der Waals surface area contributed by atoms with E-state index in [1.54, 1.807) is 26.0 Å². The van der Waals surface area contributed by atoms with Gasteiger partial charge in [0.05, 0.1) is 19.2 Å². The molecule has 0 aliphatic heterocycles. The summed E-state index contributed by atoms with van der Waals surface area (Å²) >= 11 is 7.76.